The summed E-state index contributed by atoms with van der Waals surface area (Å²) in [5.74, 6) is 0.696. The topological polar surface area (TPSA) is 30.7 Å². The molecule has 3 nitrogen and oxygen atoms in total. The van der Waals surface area contributed by atoms with E-state index in [1.54, 1.807) is 0 Å². The van der Waals surface area contributed by atoms with Crippen LogP contribution < -0.4 is 0 Å². The number of para-hydroxylation sites is 2. The summed E-state index contributed by atoms with van der Waals surface area (Å²) in [4.78, 5) is 10.5. The Morgan fingerprint density at radius 3 is 1.69 bits per heavy atom. The third-order valence-corrected chi connectivity index (χ3v) is 13.2. The van der Waals surface area contributed by atoms with Gasteiger partial charge in [0.25, 0.3) is 0 Å². The number of nitrogens with zero attached hydrogens (tertiary/aromatic N) is 3. The molecule has 0 aliphatic carbocycles. The first kappa shape index (κ1) is 36.9. The van der Waals surface area contributed by atoms with Crippen LogP contribution in [0, 0.1) is 0 Å². The number of hydrogen-bond acceptors (Lipinski definition) is 2. The molecule has 0 amide bonds. The van der Waals surface area contributed by atoms with Gasteiger partial charge in [-0.15, -0.1) is 0 Å². The van der Waals surface area contributed by atoms with Crippen LogP contribution in [-0.4, -0.2) is 14.5 Å². The number of fused-ring (bicyclic) bond motifs is 8. The zero-order valence-corrected chi connectivity index (χ0v) is 35.4. The molecule has 0 saturated heterocycles. The van der Waals surface area contributed by atoms with Gasteiger partial charge in [-0.1, -0.05) is 200 Å². The molecule has 0 radical (unpaired) electrons. The second-order valence-electron chi connectivity index (χ2n) is 16.9. The lowest BCUT2D eigenvalue weighted by Gasteiger charge is -2.17. The molecule has 0 aliphatic rings. The van der Waals surface area contributed by atoms with Crippen LogP contribution in [0.2, 0.25) is 0 Å². The molecule has 0 saturated carbocycles. The lowest BCUT2D eigenvalue weighted by Crippen LogP contribution is -1.97. The Morgan fingerprint density at radius 1 is 0.292 bits per heavy atom. The van der Waals surface area contributed by atoms with Crippen LogP contribution >= 0.6 is 0 Å². The number of aromatic nitrogens is 3. The highest BCUT2D eigenvalue weighted by atomic mass is 15.0. The van der Waals surface area contributed by atoms with Crippen LogP contribution in [0.3, 0.4) is 0 Å². The monoisotopic (exact) mass is 825 g/mol. The van der Waals surface area contributed by atoms with Crippen LogP contribution in [0.1, 0.15) is 0 Å². The van der Waals surface area contributed by atoms with Gasteiger partial charge in [-0.3, -0.25) is 0 Å². The van der Waals surface area contributed by atoms with Crippen molar-refractivity contribution in [2.75, 3.05) is 0 Å². The van der Waals surface area contributed by atoms with Gasteiger partial charge in [0, 0.05) is 33.2 Å². The van der Waals surface area contributed by atoms with Gasteiger partial charge in [-0.05, 0) is 102 Å². The van der Waals surface area contributed by atoms with Crippen LogP contribution in [0.5, 0.6) is 0 Å². The van der Waals surface area contributed by atoms with Crippen LogP contribution in [0.4, 0.5) is 0 Å². The van der Waals surface area contributed by atoms with Crippen LogP contribution in [-0.2, 0) is 0 Å². The van der Waals surface area contributed by atoms with Crippen LogP contribution in [0.25, 0.3) is 127 Å². The average molecular weight is 826 g/mol. The van der Waals surface area contributed by atoms with E-state index in [4.69, 9.17) is 9.97 Å². The Hall–Kier alpha value is -8.66. The van der Waals surface area contributed by atoms with E-state index < -0.39 is 0 Å². The van der Waals surface area contributed by atoms with Crippen molar-refractivity contribution in [2.45, 2.75) is 0 Å². The quantitative estimate of drug-likeness (QED) is 0.123. The van der Waals surface area contributed by atoms with Crippen molar-refractivity contribution in [1.29, 1.82) is 0 Å². The van der Waals surface area contributed by atoms with Gasteiger partial charge in [-0.2, -0.15) is 0 Å². The summed E-state index contributed by atoms with van der Waals surface area (Å²) < 4.78 is 2.36. The van der Waals surface area contributed by atoms with E-state index in [1.165, 1.54) is 70.6 Å². The molecule has 302 valence electrons. The molecule has 0 atom stereocenters. The first-order valence-corrected chi connectivity index (χ1v) is 22.2. The Morgan fingerprint density at radius 2 is 0.892 bits per heavy atom. The second-order valence-corrected chi connectivity index (χ2v) is 16.9. The summed E-state index contributed by atoms with van der Waals surface area (Å²) in [5, 5.41) is 12.4. The van der Waals surface area contributed by atoms with E-state index >= 15 is 0 Å². The van der Waals surface area contributed by atoms with E-state index in [0.717, 1.165) is 50.4 Å². The van der Waals surface area contributed by atoms with Gasteiger partial charge < -0.3 is 4.57 Å². The molecule has 13 aromatic rings. The molecule has 0 aliphatic heterocycles. The third kappa shape index (κ3) is 6.05. The van der Waals surface area contributed by atoms with Crippen molar-refractivity contribution < 1.29 is 0 Å². The predicted octanol–water partition coefficient (Wildman–Crippen LogP) is 16.5. The van der Waals surface area contributed by atoms with Crippen LogP contribution in [0.15, 0.2) is 237 Å². The first-order valence-electron chi connectivity index (χ1n) is 22.2. The predicted molar refractivity (Wildman–Crippen MR) is 274 cm³/mol. The molecule has 65 heavy (non-hydrogen) atoms. The fourth-order valence-electron chi connectivity index (χ4n) is 10.2. The zero-order valence-electron chi connectivity index (χ0n) is 35.4. The minimum atomic E-state index is 0.696. The normalized spacial score (nSPS) is 11.7. The summed E-state index contributed by atoms with van der Waals surface area (Å²) in [6.45, 7) is 0. The minimum absolute atomic E-state index is 0.696. The lowest BCUT2D eigenvalue weighted by atomic mass is 9.86. The van der Waals surface area contributed by atoms with Gasteiger partial charge in [0.2, 0.25) is 0 Å². The fourth-order valence-corrected chi connectivity index (χ4v) is 10.2. The largest absolute Gasteiger partial charge is 0.309 e. The standard InChI is InChI=1S/C62H39N3/c1-3-17-43(18-4-1)62-63-56(39-57(64-62)53-27-15-29-59-61(53)54-26-13-14-28-58(54)65(59)45-20-5-2-6-21-45)42-32-30-41(31-33-42)47-36-37-51(50-25-12-11-24-49(47)50)60-48-23-10-8-19-44(48)38-55-46-22-9-7-16-40(46)34-35-52(55)60/h1-39H. The van der Waals surface area contributed by atoms with Gasteiger partial charge in [-0.25, -0.2) is 9.97 Å². The summed E-state index contributed by atoms with van der Waals surface area (Å²) in [5.41, 5.74) is 13.1. The molecule has 0 N–H and O–H groups in total. The molecular weight excluding hydrogens is 787 g/mol. The summed E-state index contributed by atoms with van der Waals surface area (Å²) in [6, 6.07) is 85.2. The fraction of sp³-hybridized carbons (Fsp3) is 0. The Balaban J connectivity index is 0.954. The SMILES string of the molecule is c1ccc(-c2nc(-c3ccc(-c4ccc(-c5c6ccccc6cc6c5ccc5ccccc56)c5ccccc45)cc3)cc(-c3cccc4c3c3ccccc3n4-c3ccccc3)n2)cc1. The van der Waals surface area contributed by atoms with Crippen molar-refractivity contribution in [3.8, 4) is 61.8 Å². The maximum Gasteiger partial charge on any atom is 0.160 e. The van der Waals surface area contributed by atoms with E-state index in [2.05, 4.69) is 223 Å². The van der Waals surface area contributed by atoms with Crippen molar-refractivity contribution in [3.05, 3.63) is 237 Å². The first-order chi connectivity index (χ1) is 32.2. The Bertz CT molecular complexity index is 3980. The molecular formula is C62H39N3. The molecule has 2 heterocycles. The van der Waals surface area contributed by atoms with Gasteiger partial charge in [0.15, 0.2) is 5.82 Å². The minimum Gasteiger partial charge on any atom is -0.309 e. The molecule has 0 spiro atoms. The molecule has 0 unspecified atom stereocenters. The summed E-state index contributed by atoms with van der Waals surface area (Å²) in [7, 11) is 0. The Kier molecular flexibility index (Phi) is 8.53. The third-order valence-electron chi connectivity index (χ3n) is 13.2. The highest BCUT2D eigenvalue weighted by Gasteiger charge is 2.20. The van der Waals surface area contributed by atoms with Crippen molar-refractivity contribution >= 4 is 64.9 Å². The molecule has 3 heteroatoms. The summed E-state index contributed by atoms with van der Waals surface area (Å²) >= 11 is 0. The molecule has 2 aromatic heterocycles. The average Bonchev–Trinajstić information content (AvgIpc) is 3.73. The highest BCUT2D eigenvalue weighted by Crippen LogP contribution is 2.44. The second kappa shape index (κ2) is 15.0. The zero-order chi connectivity index (χ0) is 42.8. The van der Waals surface area contributed by atoms with E-state index in [0.29, 0.717) is 5.82 Å². The summed E-state index contributed by atoms with van der Waals surface area (Å²) in [6.07, 6.45) is 0. The molecule has 13 rings (SSSR count). The van der Waals surface area contributed by atoms with Gasteiger partial charge >= 0.3 is 0 Å². The van der Waals surface area contributed by atoms with Crippen molar-refractivity contribution in [3.63, 3.8) is 0 Å². The number of benzene rings is 11. The molecule has 11 aromatic carbocycles. The number of rotatable bonds is 6. The van der Waals surface area contributed by atoms with E-state index in [1.807, 2.05) is 18.2 Å². The smallest absolute Gasteiger partial charge is 0.160 e. The molecule has 0 bridgehead atoms. The lowest BCUT2D eigenvalue weighted by molar-refractivity contribution is 1.18. The number of hydrogen-bond donors (Lipinski definition) is 0. The molecule has 0 fully saturated rings. The Labute approximate surface area is 376 Å². The maximum absolute atomic E-state index is 5.30. The highest BCUT2D eigenvalue weighted by molar-refractivity contribution is 6.23. The van der Waals surface area contributed by atoms with Crippen molar-refractivity contribution in [2.24, 2.45) is 0 Å². The van der Waals surface area contributed by atoms with E-state index in [9.17, 15) is 0 Å². The maximum atomic E-state index is 5.30. The van der Waals surface area contributed by atoms with E-state index in [-0.39, 0.29) is 0 Å². The van der Waals surface area contributed by atoms with Crippen molar-refractivity contribution in [1.82, 2.24) is 14.5 Å². The van der Waals surface area contributed by atoms with Gasteiger partial charge in [0.05, 0.1) is 22.4 Å². The van der Waals surface area contributed by atoms with Gasteiger partial charge in [0.1, 0.15) is 0 Å².